The molecule has 0 aromatic rings. The van der Waals surface area contributed by atoms with Crippen LogP contribution in [0.3, 0.4) is 0 Å². The number of hydrogen-bond acceptors (Lipinski definition) is 4. The fraction of sp³-hybridized carbons (Fsp3) is 0.929. The van der Waals surface area contributed by atoms with Gasteiger partial charge in [-0.25, -0.2) is 13.1 Å². The predicted molar refractivity (Wildman–Crippen MR) is 82.3 cm³/mol. The number of carbonyl (C=O) groups excluding carboxylic acids is 1. The normalized spacial score (nSPS) is 30.6. The minimum atomic E-state index is -3.15. The summed E-state index contributed by atoms with van der Waals surface area (Å²) in [7, 11) is -3.15. The molecular formula is C14H27N3O3S. The molecule has 122 valence electrons. The first-order chi connectivity index (χ1) is 9.88. The first-order valence-corrected chi connectivity index (χ1v) is 9.73. The molecule has 6 nitrogen and oxygen atoms in total. The second-order valence-electron chi connectivity index (χ2n) is 6.38. The highest BCUT2D eigenvalue weighted by Gasteiger charge is 2.36. The van der Waals surface area contributed by atoms with Gasteiger partial charge in [0.05, 0.1) is 12.2 Å². The van der Waals surface area contributed by atoms with E-state index in [1.165, 1.54) is 6.26 Å². The maximum atomic E-state index is 12.7. The third-order valence-corrected chi connectivity index (χ3v) is 5.32. The van der Waals surface area contributed by atoms with Crippen molar-refractivity contribution in [3.05, 3.63) is 0 Å². The number of nitrogens with zero attached hydrogens (tertiary/aromatic N) is 1. The molecule has 7 heteroatoms. The van der Waals surface area contributed by atoms with Crippen molar-refractivity contribution >= 4 is 15.9 Å². The molecule has 2 aliphatic heterocycles. The number of nitrogens with one attached hydrogen (secondary N) is 2. The highest BCUT2D eigenvalue weighted by Crippen LogP contribution is 2.25. The smallest absolute Gasteiger partial charge is 0.227 e. The standard InChI is InChI=1S/C14H27N3O3S/c1-11-9-15-10-13(11)14(18)17-8-4-3-5-12(17)6-7-16-21(2,19)20/h11-13,15-16H,3-10H2,1-2H3/t11-,12?,13-/m1/s1. The van der Waals surface area contributed by atoms with Gasteiger partial charge in [0, 0.05) is 25.7 Å². The van der Waals surface area contributed by atoms with Gasteiger partial charge >= 0.3 is 0 Å². The van der Waals surface area contributed by atoms with Crippen molar-refractivity contribution < 1.29 is 13.2 Å². The zero-order chi connectivity index (χ0) is 15.5. The lowest BCUT2D eigenvalue weighted by atomic mass is 9.92. The highest BCUT2D eigenvalue weighted by molar-refractivity contribution is 7.88. The lowest BCUT2D eigenvalue weighted by Crippen LogP contribution is -2.48. The van der Waals surface area contributed by atoms with Gasteiger partial charge in [-0.3, -0.25) is 4.79 Å². The summed E-state index contributed by atoms with van der Waals surface area (Å²) >= 11 is 0. The van der Waals surface area contributed by atoms with Gasteiger partial charge in [0.15, 0.2) is 0 Å². The number of hydrogen-bond donors (Lipinski definition) is 2. The molecule has 2 heterocycles. The van der Waals surface area contributed by atoms with Crippen LogP contribution in [0, 0.1) is 11.8 Å². The van der Waals surface area contributed by atoms with Crippen LogP contribution in [-0.4, -0.2) is 57.7 Å². The molecule has 2 rings (SSSR count). The first kappa shape index (κ1) is 16.7. The van der Waals surface area contributed by atoms with Crippen LogP contribution in [-0.2, 0) is 14.8 Å². The molecule has 3 atom stereocenters. The van der Waals surface area contributed by atoms with E-state index < -0.39 is 10.0 Å². The summed E-state index contributed by atoms with van der Waals surface area (Å²) in [5, 5.41) is 3.28. The van der Waals surface area contributed by atoms with E-state index in [9.17, 15) is 13.2 Å². The number of rotatable bonds is 5. The fourth-order valence-electron chi connectivity index (χ4n) is 3.36. The largest absolute Gasteiger partial charge is 0.339 e. The highest BCUT2D eigenvalue weighted by atomic mass is 32.2. The van der Waals surface area contributed by atoms with Gasteiger partial charge < -0.3 is 10.2 Å². The molecule has 0 radical (unpaired) electrons. The van der Waals surface area contributed by atoms with Gasteiger partial charge in [-0.2, -0.15) is 0 Å². The van der Waals surface area contributed by atoms with Gasteiger partial charge in [0.2, 0.25) is 15.9 Å². The second kappa shape index (κ2) is 7.07. The predicted octanol–water partition coefficient (Wildman–Crippen LogP) is 0.162. The zero-order valence-electron chi connectivity index (χ0n) is 13.0. The van der Waals surface area contributed by atoms with Gasteiger partial charge in [-0.05, 0) is 38.1 Å². The van der Waals surface area contributed by atoms with E-state index >= 15 is 0 Å². The fourth-order valence-corrected chi connectivity index (χ4v) is 3.84. The van der Waals surface area contributed by atoms with Crippen molar-refractivity contribution in [3.8, 4) is 0 Å². The number of sulfonamides is 1. The van der Waals surface area contributed by atoms with Gasteiger partial charge in [-0.1, -0.05) is 6.92 Å². The van der Waals surface area contributed by atoms with E-state index in [0.29, 0.717) is 18.9 Å². The first-order valence-electron chi connectivity index (χ1n) is 7.84. The summed E-state index contributed by atoms with van der Waals surface area (Å²) in [6.45, 7) is 5.01. The van der Waals surface area contributed by atoms with Crippen LogP contribution in [0.4, 0.5) is 0 Å². The quantitative estimate of drug-likeness (QED) is 0.757. The van der Waals surface area contributed by atoms with Crippen molar-refractivity contribution in [3.63, 3.8) is 0 Å². The Morgan fingerprint density at radius 3 is 2.71 bits per heavy atom. The van der Waals surface area contributed by atoms with Crippen LogP contribution < -0.4 is 10.0 Å². The third kappa shape index (κ3) is 4.66. The molecule has 0 spiro atoms. The molecule has 21 heavy (non-hydrogen) atoms. The number of piperidine rings is 1. The monoisotopic (exact) mass is 317 g/mol. The van der Waals surface area contributed by atoms with Crippen molar-refractivity contribution in [2.24, 2.45) is 11.8 Å². The Kier molecular flexibility index (Phi) is 5.62. The summed E-state index contributed by atoms with van der Waals surface area (Å²) in [5.74, 6) is 0.708. The Balaban J connectivity index is 1.93. The van der Waals surface area contributed by atoms with Crippen LogP contribution in [0.15, 0.2) is 0 Å². The van der Waals surface area contributed by atoms with Crippen LogP contribution in [0.1, 0.15) is 32.6 Å². The minimum Gasteiger partial charge on any atom is -0.339 e. The van der Waals surface area contributed by atoms with Crippen molar-refractivity contribution in [1.29, 1.82) is 0 Å². The van der Waals surface area contributed by atoms with Crippen molar-refractivity contribution in [2.45, 2.75) is 38.6 Å². The van der Waals surface area contributed by atoms with Crippen molar-refractivity contribution in [1.82, 2.24) is 14.9 Å². The zero-order valence-corrected chi connectivity index (χ0v) is 13.8. The Morgan fingerprint density at radius 1 is 1.33 bits per heavy atom. The lowest BCUT2D eigenvalue weighted by molar-refractivity contribution is -0.139. The minimum absolute atomic E-state index is 0.0773. The summed E-state index contributed by atoms with van der Waals surface area (Å²) in [5.41, 5.74) is 0. The second-order valence-corrected chi connectivity index (χ2v) is 8.21. The Hall–Kier alpha value is -0.660. The molecule has 0 saturated carbocycles. The average molecular weight is 317 g/mol. The Labute approximate surface area is 127 Å². The summed E-state index contributed by atoms with van der Waals surface area (Å²) in [4.78, 5) is 14.7. The van der Waals surface area contributed by atoms with E-state index in [1.54, 1.807) is 0 Å². The van der Waals surface area contributed by atoms with E-state index in [4.69, 9.17) is 0 Å². The summed E-state index contributed by atoms with van der Waals surface area (Å²) in [6, 6.07) is 0.174. The number of carbonyl (C=O) groups is 1. The topological polar surface area (TPSA) is 78.5 Å². The van der Waals surface area contributed by atoms with Gasteiger partial charge in [0.25, 0.3) is 0 Å². The summed E-state index contributed by atoms with van der Waals surface area (Å²) in [6.07, 6.45) is 5.02. The van der Waals surface area contributed by atoms with Crippen LogP contribution in [0.25, 0.3) is 0 Å². The average Bonchev–Trinajstić information content (AvgIpc) is 2.83. The molecule has 2 N–H and O–H groups in total. The third-order valence-electron chi connectivity index (χ3n) is 4.59. The maximum absolute atomic E-state index is 12.7. The molecule has 1 amide bonds. The molecule has 0 aromatic heterocycles. The van der Waals surface area contributed by atoms with Gasteiger partial charge in [0.1, 0.15) is 0 Å². The van der Waals surface area contributed by atoms with E-state index in [1.807, 2.05) is 4.90 Å². The molecule has 2 aliphatic rings. The van der Waals surface area contributed by atoms with Crippen LogP contribution in [0.2, 0.25) is 0 Å². The molecular weight excluding hydrogens is 290 g/mol. The van der Waals surface area contributed by atoms with Crippen molar-refractivity contribution in [2.75, 3.05) is 32.4 Å². The lowest BCUT2D eigenvalue weighted by Gasteiger charge is -2.38. The number of likely N-dealkylation sites (tertiary alicyclic amines) is 1. The van der Waals surface area contributed by atoms with E-state index in [-0.39, 0.29) is 17.9 Å². The molecule has 1 unspecified atom stereocenters. The van der Waals surface area contributed by atoms with Crippen LogP contribution in [0.5, 0.6) is 0 Å². The SMILES string of the molecule is C[C@@H]1CNC[C@H]1C(=O)N1CCCCC1CCNS(C)(=O)=O. The van der Waals surface area contributed by atoms with E-state index in [0.717, 1.165) is 38.9 Å². The molecule has 0 bridgehead atoms. The number of amides is 1. The molecule has 0 aromatic carbocycles. The van der Waals surface area contributed by atoms with Crippen LogP contribution >= 0.6 is 0 Å². The molecule has 0 aliphatic carbocycles. The summed E-state index contributed by atoms with van der Waals surface area (Å²) < 4.78 is 24.8. The maximum Gasteiger partial charge on any atom is 0.227 e. The van der Waals surface area contributed by atoms with E-state index in [2.05, 4.69) is 17.0 Å². The Morgan fingerprint density at radius 2 is 2.10 bits per heavy atom. The molecule has 2 fully saturated rings. The molecule has 2 saturated heterocycles. The Bertz CT molecular complexity index is 466. The van der Waals surface area contributed by atoms with Gasteiger partial charge in [-0.15, -0.1) is 0 Å².